The topological polar surface area (TPSA) is 38.7 Å². The van der Waals surface area contributed by atoms with Gasteiger partial charge in [0.1, 0.15) is 0 Å². The van der Waals surface area contributed by atoms with Crippen molar-refractivity contribution in [1.82, 2.24) is 15.1 Å². The fourth-order valence-electron chi connectivity index (χ4n) is 4.03. The van der Waals surface area contributed by atoms with Crippen molar-refractivity contribution in [3.63, 3.8) is 0 Å². The molecular formula is C14H27N3O. The van der Waals surface area contributed by atoms with E-state index in [0.29, 0.717) is 0 Å². The highest BCUT2D eigenvalue weighted by atomic mass is 16.3. The standard InChI is InChI=1S/C14H27N3O/c18-14(10-16-6-4-15-5-7-16)11-17-8-12-2-1-3-13(12)9-17/h12-15,18H,1-11H2. The Morgan fingerprint density at radius 3 is 2.28 bits per heavy atom. The summed E-state index contributed by atoms with van der Waals surface area (Å²) in [5, 5.41) is 13.6. The highest BCUT2D eigenvalue weighted by Gasteiger charge is 2.36. The number of hydrogen-bond acceptors (Lipinski definition) is 4. The molecule has 3 unspecified atom stereocenters. The molecule has 3 aliphatic rings. The summed E-state index contributed by atoms with van der Waals surface area (Å²) in [6.45, 7) is 8.53. The Bertz CT molecular complexity index is 256. The fourth-order valence-corrected chi connectivity index (χ4v) is 4.03. The monoisotopic (exact) mass is 253 g/mol. The quantitative estimate of drug-likeness (QED) is 0.739. The molecule has 0 spiro atoms. The summed E-state index contributed by atoms with van der Waals surface area (Å²) in [6, 6.07) is 0. The number of β-amino-alcohol motifs (C(OH)–C–C–N with tert-alkyl or cyclic N) is 1. The summed E-state index contributed by atoms with van der Waals surface area (Å²) in [6.07, 6.45) is 4.12. The minimum Gasteiger partial charge on any atom is -0.390 e. The Labute approximate surface area is 110 Å². The van der Waals surface area contributed by atoms with Gasteiger partial charge in [0.05, 0.1) is 6.10 Å². The van der Waals surface area contributed by atoms with E-state index in [2.05, 4.69) is 15.1 Å². The normalized spacial score (nSPS) is 35.8. The Kier molecular flexibility index (Phi) is 4.19. The Morgan fingerprint density at radius 2 is 1.61 bits per heavy atom. The van der Waals surface area contributed by atoms with Crippen LogP contribution in [0.5, 0.6) is 0 Å². The highest BCUT2D eigenvalue weighted by molar-refractivity contribution is 4.89. The van der Waals surface area contributed by atoms with Gasteiger partial charge in [0.15, 0.2) is 0 Å². The van der Waals surface area contributed by atoms with Crippen molar-refractivity contribution in [2.75, 3.05) is 52.4 Å². The second-order valence-electron chi connectivity index (χ2n) is 6.37. The maximum Gasteiger partial charge on any atom is 0.0793 e. The third kappa shape index (κ3) is 3.05. The second-order valence-corrected chi connectivity index (χ2v) is 6.37. The van der Waals surface area contributed by atoms with Crippen molar-refractivity contribution in [3.8, 4) is 0 Å². The van der Waals surface area contributed by atoms with Gasteiger partial charge in [-0.3, -0.25) is 4.90 Å². The number of likely N-dealkylation sites (tertiary alicyclic amines) is 1. The van der Waals surface area contributed by atoms with Crippen LogP contribution in [-0.2, 0) is 0 Å². The summed E-state index contributed by atoms with van der Waals surface area (Å²) >= 11 is 0. The second kappa shape index (κ2) is 5.87. The average Bonchev–Trinajstić information content (AvgIpc) is 2.90. The van der Waals surface area contributed by atoms with Crippen molar-refractivity contribution in [2.45, 2.75) is 25.4 Å². The van der Waals surface area contributed by atoms with E-state index < -0.39 is 0 Å². The van der Waals surface area contributed by atoms with Crippen LogP contribution in [0.25, 0.3) is 0 Å². The first kappa shape index (κ1) is 12.9. The fraction of sp³-hybridized carbons (Fsp3) is 1.00. The van der Waals surface area contributed by atoms with Crippen molar-refractivity contribution < 1.29 is 5.11 Å². The van der Waals surface area contributed by atoms with E-state index in [4.69, 9.17) is 0 Å². The number of hydrogen-bond donors (Lipinski definition) is 2. The molecule has 2 saturated heterocycles. The van der Waals surface area contributed by atoms with E-state index in [-0.39, 0.29) is 6.10 Å². The first-order chi connectivity index (χ1) is 8.81. The van der Waals surface area contributed by atoms with Gasteiger partial charge < -0.3 is 15.3 Å². The first-order valence-electron chi connectivity index (χ1n) is 7.65. The lowest BCUT2D eigenvalue weighted by Gasteiger charge is -2.30. The largest absolute Gasteiger partial charge is 0.390 e. The number of fused-ring (bicyclic) bond motifs is 1. The van der Waals surface area contributed by atoms with Gasteiger partial charge in [0.25, 0.3) is 0 Å². The molecule has 2 aliphatic heterocycles. The maximum atomic E-state index is 10.2. The van der Waals surface area contributed by atoms with Gasteiger partial charge in [-0.1, -0.05) is 6.42 Å². The minimum absolute atomic E-state index is 0.165. The van der Waals surface area contributed by atoms with Crippen LogP contribution in [0.3, 0.4) is 0 Å². The first-order valence-corrected chi connectivity index (χ1v) is 7.65. The summed E-state index contributed by atoms with van der Waals surface area (Å²) < 4.78 is 0. The summed E-state index contributed by atoms with van der Waals surface area (Å²) in [7, 11) is 0. The van der Waals surface area contributed by atoms with Gasteiger partial charge in [-0.2, -0.15) is 0 Å². The van der Waals surface area contributed by atoms with Gasteiger partial charge in [-0.25, -0.2) is 0 Å². The lowest BCUT2D eigenvalue weighted by Crippen LogP contribution is -2.48. The summed E-state index contributed by atoms with van der Waals surface area (Å²) in [5.41, 5.74) is 0. The third-order valence-corrected chi connectivity index (χ3v) is 4.95. The van der Waals surface area contributed by atoms with Gasteiger partial charge in [-0.05, 0) is 24.7 Å². The van der Waals surface area contributed by atoms with Gasteiger partial charge in [-0.15, -0.1) is 0 Å². The predicted octanol–water partition coefficient (Wildman–Crippen LogP) is -0.0156. The molecule has 2 heterocycles. The lowest BCUT2D eigenvalue weighted by atomic mass is 10.0. The van der Waals surface area contributed by atoms with E-state index >= 15 is 0 Å². The SMILES string of the molecule is OC(CN1CCNCC1)CN1CC2CCCC2C1. The van der Waals surface area contributed by atoms with Gasteiger partial charge in [0, 0.05) is 52.4 Å². The lowest BCUT2D eigenvalue weighted by molar-refractivity contribution is 0.0742. The molecule has 3 rings (SSSR count). The smallest absolute Gasteiger partial charge is 0.0793 e. The van der Waals surface area contributed by atoms with Crippen LogP contribution in [0.2, 0.25) is 0 Å². The van der Waals surface area contributed by atoms with Crippen molar-refractivity contribution in [2.24, 2.45) is 11.8 Å². The molecule has 0 radical (unpaired) electrons. The number of nitrogens with one attached hydrogen (secondary N) is 1. The van der Waals surface area contributed by atoms with Crippen molar-refractivity contribution in [3.05, 3.63) is 0 Å². The molecule has 104 valence electrons. The Morgan fingerprint density at radius 1 is 1.00 bits per heavy atom. The van der Waals surface area contributed by atoms with E-state index in [1.165, 1.54) is 32.4 Å². The van der Waals surface area contributed by atoms with Crippen molar-refractivity contribution >= 4 is 0 Å². The number of aliphatic hydroxyl groups excluding tert-OH is 1. The van der Waals surface area contributed by atoms with E-state index in [1.807, 2.05) is 0 Å². The van der Waals surface area contributed by atoms with Crippen LogP contribution < -0.4 is 5.32 Å². The number of aliphatic hydroxyl groups is 1. The van der Waals surface area contributed by atoms with E-state index in [9.17, 15) is 5.11 Å². The van der Waals surface area contributed by atoms with Crippen LogP contribution in [0.4, 0.5) is 0 Å². The van der Waals surface area contributed by atoms with Gasteiger partial charge >= 0.3 is 0 Å². The number of nitrogens with zero attached hydrogens (tertiary/aromatic N) is 2. The molecule has 2 N–H and O–H groups in total. The molecule has 1 aliphatic carbocycles. The molecule has 18 heavy (non-hydrogen) atoms. The van der Waals surface area contributed by atoms with Crippen LogP contribution in [0.1, 0.15) is 19.3 Å². The van der Waals surface area contributed by atoms with E-state index in [0.717, 1.165) is 51.1 Å². The Balaban J connectivity index is 1.39. The highest BCUT2D eigenvalue weighted by Crippen LogP contribution is 2.37. The van der Waals surface area contributed by atoms with Crippen LogP contribution in [0.15, 0.2) is 0 Å². The van der Waals surface area contributed by atoms with Crippen LogP contribution in [-0.4, -0.2) is 73.4 Å². The molecule has 0 amide bonds. The summed E-state index contributed by atoms with van der Waals surface area (Å²) in [5.74, 6) is 1.88. The number of rotatable bonds is 4. The minimum atomic E-state index is -0.165. The molecule has 0 aromatic rings. The van der Waals surface area contributed by atoms with E-state index in [1.54, 1.807) is 0 Å². The molecule has 4 nitrogen and oxygen atoms in total. The van der Waals surface area contributed by atoms with Crippen LogP contribution >= 0.6 is 0 Å². The zero-order valence-electron chi connectivity index (χ0n) is 11.4. The molecule has 0 bridgehead atoms. The third-order valence-electron chi connectivity index (χ3n) is 4.95. The molecule has 0 aromatic carbocycles. The summed E-state index contributed by atoms with van der Waals surface area (Å²) in [4.78, 5) is 4.89. The maximum absolute atomic E-state index is 10.2. The molecule has 0 aromatic heterocycles. The zero-order chi connectivity index (χ0) is 12.4. The van der Waals surface area contributed by atoms with Crippen molar-refractivity contribution in [1.29, 1.82) is 0 Å². The predicted molar refractivity (Wildman–Crippen MR) is 72.6 cm³/mol. The van der Waals surface area contributed by atoms with Gasteiger partial charge in [0.2, 0.25) is 0 Å². The molecule has 3 atom stereocenters. The van der Waals surface area contributed by atoms with Crippen LogP contribution in [0, 0.1) is 11.8 Å². The molecular weight excluding hydrogens is 226 g/mol. The zero-order valence-corrected chi connectivity index (χ0v) is 11.4. The molecule has 3 fully saturated rings. The molecule has 1 saturated carbocycles. The number of piperazine rings is 1. The Hall–Kier alpha value is -0.160. The average molecular weight is 253 g/mol. The molecule has 4 heteroatoms.